The number of aromatic amines is 1. The minimum Gasteiger partial charge on any atom is -0.477 e. The van der Waals surface area contributed by atoms with Crippen LogP contribution in [0.1, 0.15) is 21.1 Å². The maximum absolute atomic E-state index is 11.8. The molecule has 0 atom stereocenters. The van der Waals surface area contributed by atoms with Gasteiger partial charge in [-0.15, -0.1) is 11.3 Å². The van der Waals surface area contributed by atoms with Crippen LogP contribution in [0, 0.1) is 6.92 Å². The molecule has 1 amide bonds. The highest BCUT2D eigenvalue weighted by Crippen LogP contribution is 2.23. The first-order chi connectivity index (χ1) is 9.45. The minimum absolute atomic E-state index is 0.0249. The van der Waals surface area contributed by atoms with Crippen LogP contribution in [0.3, 0.4) is 0 Å². The number of H-pyrrole nitrogens is 1. The molecule has 0 saturated carbocycles. The molecule has 5 nitrogen and oxygen atoms in total. The molecule has 2 aromatic rings. The van der Waals surface area contributed by atoms with Gasteiger partial charge in [0.05, 0.1) is 9.47 Å². The Morgan fingerprint density at radius 2 is 2.20 bits per heavy atom. The largest absolute Gasteiger partial charge is 0.477 e. The second-order valence-electron chi connectivity index (χ2n) is 4.01. The monoisotopic (exact) mass is 354 g/mol. The van der Waals surface area contributed by atoms with Gasteiger partial charge in [-0.25, -0.2) is 4.79 Å². The summed E-state index contributed by atoms with van der Waals surface area (Å²) in [5.41, 5.74) is 0.906. The van der Waals surface area contributed by atoms with E-state index in [1.807, 2.05) is 12.1 Å². The number of aromatic nitrogens is 1. The van der Waals surface area contributed by atoms with Crippen molar-refractivity contribution >= 4 is 50.9 Å². The maximum Gasteiger partial charge on any atom is 0.354 e. The van der Waals surface area contributed by atoms with E-state index in [0.29, 0.717) is 5.69 Å². The first-order valence-electron chi connectivity index (χ1n) is 5.63. The average Bonchev–Trinajstić information content (AvgIpc) is 2.93. The first kappa shape index (κ1) is 14.5. The van der Waals surface area contributed by atoms with E-state index < -0.39 is 5.97 Å². The molecule has 7 heteroatoms. The van der Waals surface area contributed by atoms with E-state index in [4.69, 9.17) is 5.11 Å². The van der Waals surface area contributed by atoms with Gasteiger partial charge in [0.15, 0.2) is 0 Å². The van der Waals surface area contributed by atoms with E-state index in [2.05, 4.69) is 26.2 Å². The third kappa shape index (κ3) is 3.58. The summed E-state index contributed by atoms with van der Waals surface area (Å²) in [7, 11) is 0. The number of nitrogens with one attached hydrogen (secondary N) is 2. The highest BCUT2D eigenvalue weighted by molar-refractivity contribution is 9.11. The van der Waals surface area contributed by atoms with Gasteiger partial charge >= 0.3 is 5.97 Å². The zero-order valence-corrected chi connectivity index (χ0v) is 12.8. The van der Waals surface area contributed by atoms with Gasteiger partial charge in [-0.05, 0) is 47.1 Å². The molecule has 0 aliphatic heterocycles. The van der Waals surface area contributed by atoms with Crippen molar-refractivity contribution in [2.24, 2.45) is 0 Å². The van der Waals surface area contributed by atoms with Crippen molar-refractivity contribution in [3.8, 4) is 0 Å². The van der Waals surface area contributed by atoms with E-state index in [1.165, 1.54) is 17.4 Å². The lowest BCUT2D eigenvalue weighted by molar-refractivity contribution is -0.111. The second kappa shape index (κ2) is 6.06. The SMILES string of the molecule is Cc1cc(NC(=O)/C=C/c2ccc(Br)s2)c(C(=O)O)[nH]1. The molecule has 0 aliphatic carbocycles. The zero-order valence-electron chi connectivity index (χ0n) is 10.4. The average molecular weight is 355 g/mol. The van der Waals surface area contributed by atoms with Gasteiger partial charge in [-0.1, -0.05) is 0 Å². The van der Waals surface area contributed by atoms with E-state index in [-0.39, 0.29) is 17.3 Å². The third-order valence-electron chi connectivity index (χ3n) is 2.42. The Kier molecular flexibility index (Phi) is 4.41. The summed E-state index contributed by atoms with van der Waals surface area (Å²) < 4.78 is 0.979. The van der Waals surface area contributed by atoms with Gasteiger partial charge in [0.1, 0.15) is 5.69 Å². The van der Waals surface area contributed by atoms with Gasteiger partial charge in [-0.3, -0.25) is 4.79 Å². The normalized spacial score (nSPS) is 10.9. The summed E-state index contributed by atoms with van der Waals surface area (Å²) in [5.74, 6) is -1.49. The molecular formula is C13H11BrN2O3S. The van der Waals surface area contributed by atoms with Crippen LogP contribution in [-0.2, 0) is 4.79 Å². The van der Waals surface area contributed by atoms with Crippen molar-refractivity contribution in [3.05, 3.63) is 44.3 Å². The molecule has 0 bridgehead atoms. The Morgan fingerprint density at radius 1 is 1.45 bits per heavy atom. The number of thiophene rings is 1. The van der Waals surface area contributed by atoms with E-state index in [1.54, 1.807) is 19.1 Å². The number of rotatable bonds is 4. The highest BCUT2D eigenvalue weighted by atomic mass is 79.9. The number of anilines is 1. The smallest absolute Gasteiger partial charge is 0.354 e. The predicted octanol–water partition coefficient (Wildman–Crippen LogP) is 3.50. The number of carbonyl (C=O) groups excluding carboxylic acids is 1. The molecule has 2 rings (SSSR count). The quantitative estimate of drug-likeness (QED) is 0.734. The Bertz CT molecular complexity index is 688. The zero-order chi connectivity index (χ0) is 14.7. The molecule has 2 aromatic heterocycles. The van der Waals surface area contributed by atoms with Gasteiger partial charge < -0.3 is 15.4 Å². The van der Waals surface area contributed by atoms with Crippen molar-refractivity contribution in [2.75, 3.05) is 5.32 Å². The topological polar surface area (TPSA) is 82.2 Å². The van der Waals surface area contributed by atoms with Gasteiger partial charge in [0.25, 0.3) is 0 Å². The molecule has 0 aliphatic rings. The number of carbonyl (C=O) groups is 2. The van der Waals surface area contributed by atoms with Crippen LogP contribution >= 0.6 is 27.3 Å². The molecule has 0 saturated heterocycles. The number of aryl methyl sites for hydroxylation is 1. The third-order valence-corrected chi connectivity index (χ3v) is 4.01. The molecule has 0 fully saturated rings. The lowest BCUT2D eigenvalue weighted by atomic mass is 10.3. The lowest BCUT2D eigenvalue weighted by Gasteiger charge is -2.00. The molecule has 0 aromatic carbocycles. The minimum atomic E-state index is -1.11. The number of carboxylic acid groups (broad SMARTS) is 1. The molecular weight excluding hydrogens is 344 g/mol. The van der Waals surface area contributed by atoms with Gasteiger partial charge in [-0.2, -0.15) is 0 Å². The molecule has 104 valence electrons. The van der Waals surface area contributed by atoms with Gasteiger partial charge in [0, 0.05) is 16.6 Å². The molecule has 0 spiro atoms. The van der Waals surface area contributed by atoms with Gasteiger partial charge in [0.2, 0.25) is 5.91 Å². The summed E-state index contributed by atoms with van der Waals surface area (Å²) in [6.45, 7) is 1.72. The standard InChI is InChI=1S/C13H11BrN2O3S/c1-7-6-9(12(15-7)13(18)19)16-11(17)5-3-8-2-4-10(14)20-8/h2-6,15H,1H3,(H,16,17)(H,18,19)/b5-3+. The molecule has 3 N–H and O–H groups in total. The summed E-state index contributed by atoms with van der Waals surface area (Å²) >= 11 is 4.83. The number of amides is 1. The summed E-state index contributed by atoms with van der Waals surface area (Å²) in [6.07, 6.45) is 3.04. The Labute approximate surface area is 127 Å². The van der Waals surface area contributed by atoms with Crippen LogP contribution < -0.4 is 5.32 Å². The fourth-order valence-electron chi connectivity index (χ4n) is 1.61. The fraction of sp³-hybridized carbons (Fsp3) is 0.0769. The molecule has 0 unspecified atom stereocenters. The molecule has 20 heavy (non-hydrogen) atoms. The first-order valence-corrected chi connectivity index (χ1v) is 7.24. The number of hydrogen-bond donors (Lipinski definition) is 3. The number of hydrogen-bond acceptors (Lipinski definition) is 3. The van der Waals surface area contributed by atoms with Crippen molar-refractivity contribution < 1.29 is 14.7 Å². The number of aromatic carboxylic acids is 1. The summed E-state index contributed by atoms with van der Waals surface area (Å²) in [5, 5.41) is 11.5. The van der Waals surface area contributed by atoms with Crippen LogP contribution in [-0.4, -0.2) is 22.0 Å². The van der Waals surface area contributed by atoms with E-state index in [0.717, 1.165) is 8.66 Å². The fourth-order valence-corrected chi connectivity index (χ4v) is 2.93. The van der Waals surface area contributed by atoms with Crippen LogP contribution in [0.4, 0.5) is 5.69 Å². The van der Waals surface area contributed by atoms with Crippen LogP contribution in [0.25, 0.3) is 6.08 Å². The molecule has 2 heterocycles. The van der Waals surface area contributed by atoms with Crippen LogP contribution in [0.2, 0.25) is 0 Å². The number of halogens is 1. The van der Waals surface area contributed by atoms with Crippen molar-refractivity contribution in [3.63, 3.8) is 0 Å². The van der Waals surface area contributed by atoms with Crippen LogP contribution in [0.15, 0.2) is 28.1 Å². The predicted molar refractivity (Wildman–Crippen MR) is 82.2 cm³/mol. The van der Waals surface area contributed by atoms with Crippen molar-refractivity contribution in [1.29, 1.82) is 0 Å². The highest BCUT2D eigenvalue weighted by Gasteiger charge is 2.14. The second-order valence-corrected chi connectivity index (χ2v) is 6.51. The van der Waals surface area contributed by atoms with Crippen molar-refractivity contribution in [2.45, 2.75) is 6.92 Å². The van der Waals surface area contributed by atoms with Crippen LogP contribution in [0.5, 0.6) is 0 Å². The van der Waals surface area contributed by atoms with Crippen molar-refractivity contribution in [1.82, 2.24) is 4.98 Å². The Morgan fingerprint density at radius 3 is 2.80 bits per heavy atom. The Hall–Kier alpha value is -1.86. The Balaban J connectivity index is 2.08. The molecule has 0 radical (unpaired) electrons. The summed E-state index contributed by atoms with van der Waals surface area (Å²) in [4.78, 5) is 26.4. The maximum atomic E-state index is 11.8. The lowest BCUT2D eigenvalue weighted by Crippen LogP contribution is -2.10. The summed E-state index contributed by atoms with van der Waals surface area (Å²) in [6, 6.07) is 5.35. The number of carboxylic acids is 1. The van der Waals surface area contributed by atoms with E-state index >= 15 is 0 Å². The van der Waals surface area contributed by atoms with E-state index in [9.17, 15) is 9.59 Å².